The predicted octanol–water partition coefficient (Wildman–Crippen LogP) is 3.18. The van der Waals surface area contributed by atoms with Gasteiger partial charge in [-0.05, 0) is 56.6 Å². The fourth-order valence-electron chi connectivity index (χ4n) is 2.17. The monoisotopic (exact) mass is 263 g/mol. The van der Waals surface area contributed by atoms with E-state index in [1.54, 1.807) is 0 Å². The van der Waals surface area contributed by atoms with E-state index in [4.69, 9.17) is 0 Å². The molecule has 0 bridgehead atoms. The summed E-state index contributed by atoms with van der Waals surface area (Å²) in [6.45, 7) is 6.02. The van der Waals surface area contributed by atoms with Gasteiger partial charge in [0.1, 0.15) is 0 Å². The number of amides is 1. The summed E-state index contributed by atoms with van der Waals surface area (Å²) in [4.78, 5) is 13.3. The van der Waals surface area contributed by atoms with Crippen molar-refractivity contribution in [2.45, 2.75) is 50.5 Å². The molecule has 0 atom stereocenters. The van der Waals surface area contributed by atoms with Crippen molar-refractivity contribution in [1.29, 1.82) is 0 Å². The van der Waals surface area contributed by atoms with E-state index in [9.17, 15) is 4.79 Å². The predicted molar refractivity (Wildman–Crippen MR) is 77.1 cm³/mol. The van der Waals surface area contributed by atoms with Crippen LogP contribution >= 0.6 is 11.8 Å². The summed E-state index contributed by atoms with van der Waals surface area (Å²) in [5.41, 5.74) is 2.38. The molecule has 0 radical (unpaired) electrons. The number of carbonyl (C=O) groups is 1. The van der Waals surface area contributed by atoms with Gasteiger partial charge in [-0.15, -0.1) is 11.8 Å². The van der Waals surface area contributed by atoms with Gasteiger partial charge in [-0.1, -0.05) is 12.1 Å². The normalized spacial score (nSPS) is 15.1. The lowest BCUT2D eigenvalue weighted by Gasteiger charge is -2.21. The molecular weight excluding hydrogens is 242 g/mol. The zero-order valence-electron chi connectivity index (χ0n) is 11.4. The van der Waals surface area contributed by atoms with Crippen molar-refractivity contribution in [3.8, 4) is 0 Å². The van der Waals surface area contributed by atoms with Gasteiger partial charge in [-0.3, -0.25) is 4.79 Å². The molecule has 0 unspecified atom stereocenters. The van der Waals surface area contributed by atoms with E-state index in [1.807, 2.05) is 32.5 Å². The smallest absolute Gasteiger partial charge is 0.224 e. The average molecular weight is 263 g/mol. The maximum Gasteiger partial charge on any atom is 0.224 e. The van der Waals surface area contributed by atoms with Gasteiger partial charge in [0.15, 0.2) is 0 Å². The Morgan fingerprint density at radius 1 is 1.39 bits per heavy atom. The number of carbonyl (C=O) groups excluding carboxylic acids is 1. The Kier molecular flexibility index (Phi) is 4.00. The van der Waals surface area contributed by atoms with Gasteiger partial charge in [0.2, 0.25) is 5.91 Å². The third-order valence-electron chi connectivity index (χ3n) is 2.85. The van der Waals surface area contributed by atoms with Crippen molar-refractivity contribution in [3.05, 3.63) is 29.3 Å². The molecule has 2 rings (SSSR count). The highest BCUT2D eigenvalue weighted by Crippen LogP contribution is 2.30. The minimum absolute atomic E-state index is 0.103. The van der Waals surface area contributed by atoms with E-state index >= 15 is 0 Å². The lowest BCUT2D eigenvalue weighted by molar-refractivity contribution is -0.121. The first-order chi connectivity index (χ1) is 8.44. The van der Waals surface area contributed by atoms with Crippen molar-refractivity contribution in [1.82, 2.24) is 5.32 Å². The van der Waals surface area contributed by atoms with Gasteiger partial charge in [-0.25, -0.2) is 0 Å². The lowest BCUT2D eigenvalue weighted by atomic mass is 10.0. The highest BCUT2D eigenvalue weighted by molar-refractivity contribution is 7.99. The van der Waals surface area contributed by atoms with E-state index in [-0.39, 0.29) is 11.4 Å². The topological polar surface area (TPSA) is 29.1 Å². The molecule has 1 aromatic rings. The molecule has 98 valence electrons. The second-order valence-electron chi connectivity index (χ2n) is 5.87. The SMILES string of the molecule is CC(C)(C)NC(=O)Cc1ccc2c(c1)CCCS2. The second-order valence-corrected chi connectivity index (χ2v) is 7.01. The summed E-state index contributed by atoms with van der Waals surface area (Å²) < 4.78 is 0. The molecule has 0 aromatic heterocycles. The number of fused-ring (bicyclic) bond motifs is 1. The maximum atomic E-state index is 11.9. The van der Waals surface area contributed by atoms with Crippen LogP contribution in [0.15, 0.2) is 23.1 Å². The third kappa shape index (κ3) is 3.77. The van der Waals surface area contributed by atoms with Gasteiger partial charge in [0.05, 0.1) is 6.42 Å². The first-order valence-electron chi connectivity index (χ1n) is 6.50. The largest absolute Gasteiger partial charge is 0.351 e. The van der Waals surface area contributed by atoms with Crippen LogP contribution < -0.4 is 5.32 Å². The molecule has 1 heterocycles. The van der Waals surface area contributed by atoms with Gasteiger partial charge >= 0.3 is 0 Å². The Labute approximate surface area is 114 Å². The highest BCUT2D eigenvalue weighted by atomic mass is 32.2. The van der Waals surface area contributed by atoms with Gasteiger partial charge < -0.3 is 5.32 Å². The first-order valence-corrected chi connectivity index (χ1v) is 7.48. The zero-order valence-corrected chi connectivity index (χ0v) is 12.2. The van der Waals surface area contributed by atoms with Crippen molar-refractivity contribution < 1.29 is 4.79 Å². The van der Waals surface area contributed by atoms with Crippen molar-refractivity contribution in [2.75, 3.05) is 5.75 Å². The van der Waals surface area contributed by atoms with E-state index in [1.165, 1.54) is 22.6 Å². The van der Waals surface area contributed by atoms with Crippen LogP contribution in [0.3, 0.4) is 0 Å². The fourth-order valence-corrected chi connectivity index (χ4v) is 3.19. The summed E-state index contributed by atoms with van der Waals surface area (Å²) in [7, 11) is 0. The number of hydrogen-bond acceptors (Lipinski definition) is 2. The van der Waals surface area contributed by atoms with Gasteiger partial charge in [0.25, 0.3) is 0 Å². The maximum absolute atomic E-state index is 11.9. The van der Waals surface area contributed by atoms with Crippen LogP contribution in [0.5, 0.6) is 0 Å². The summed E-state index contributed by atoms with van der Waals surface area (Å²) in [6, 6.07) is 6.45. The molecule has 1 aliphatic heterocycles. The number of nitrogens with one attached hydrogen (secondary N) is 1. The first kappa shape index (κ1) is 13.5. The van der Waals surface area contributed by atoms with Crippen LogP contribution in [0.4, 0.5) is 0 Å². The molecule has 0 aliphatic carbocycles. The molecule has 1 aromatic carbocycles. The summed E-state index contributed by atoms with van der Waals surface area (Å²) in [5.74, 6) is 1.32. The fraction of sp³-hybridized carbons (Fsp3) is 0.533. The quantitative estimate of drug-likeness (QED) is 0.888. The third-order valence-corrected chi connectivity index (χ3v) is 4.05. The Bertz CT molecular complexity index is 448. The minimum atomic E-state index is -0.152. The molecule has 0 saturated carbocycles. The van der Waals surface area contributed by atoms with Crippen LogP contribution in [0.1, 0.15) is 38.3 Å². The Balaban J connectivity index is 2.04. The number of thioether (sulfide) groups is 1. The molecule has 1 amide bonds. The van der Waals surface area contributed by atoms with E-state index in [2.05, 4.69) is 23.5 Å². The number of hydrogen-bond donors (Lipinski definition) is 1. The van der Waals surface area contributed by atoms with Crippen molar-refractivity contribution in [3.63, 3.8) is 0 Å². The molecule has 2 nitrogen and oxygen atoms in total. The Morgan fingerprint density at radius 3 is 2.89 bits per heavy atom. The molecule has 3 heteroatoms. The lowest BCUT2D eigenvalue weighted by Crippen LogP contribution is -2.41. The molecular formula is C15H21NOS. The van der Waals surface area contributed by atoms with Crippen molar-refractivity contribution in [2.24, 2.45) is 0 Å². The van der Waals surface area contributed by atoms with Crippen molar-refractivity contribution >= 4 is 17.7 Å². The highest BCUT2D eigenvalue weighted by Gasteiger charge is 2.15. The average Bonchev–Trinajstić information content (AvgIpc) is 2.26. The second kappa shape index (κ2) is 5.35. The summed E-state index contributed by atoms with van der Waals surface area (Å²) >= 11 is 1.93. The van der Waals surface area contributed by atoms with E-state index < -0.39 is 0 Å². The number of benzene rings is 1. The van der Waals surface area contributed by atoms with Gasteiger partial charge in [-0.2, -0.15) is 0 Å². The number of rotatable bonds is 2. The van der Waals surface area contributed by atoms with Crippen LogP contribution in [0, 0.1) is 0 Å². The Hall–Kier alpha value is -0.960. The van der Waals surface area contributed by atoms with Crippen LogP contribution in [0.2, 0.25) is 0 Å². The Morgan fingerprint density at radius 2 is 2.17 bits per heavy atom. The molecule has 1 aliphatic rings. The zero-order chi connectivity index (χ0) is 13.2. The molecule has 0 fully saturated rings. The molecule has 1 N–H and O–H groups in total. The number of aryl methyl sites for hydroxylation is 1. The van der Waals surface area contributed by atoms with Gasteiger partial charge in [0, 0.05) is 10.4 Å². The minimum Gasteiger partial charge on any atom is -0.351 e. The van der Waals surface area contributed by atoms with Crippen LogP contribution in [0.25, 0.3) is 0 Å². The molecule has 18 heavy (non-hydrogen) atoms. The molecule has 0 saturated heterocycles. The van der Waals surface area contributed by atoms with Crippen LogP contribution in [-0.2, 0) is 17.6 Å². The summed E-state index contributed by atoms with van der Waals surface area (Å²) in [6.07, 6.45) is 2.88. The summed E-state index contributed by atoms with van der Waals surface area (Å²) in [5, 5.41) is 3.00. The standard InChI is InChI=1S/C15H21NOS/c1-15(2,3)16-14(17)10-11-6-7-13-12(9-11)5-4-8-18-13/h6-7,9H,4-5,8,10H2,1-3H3,(H,16,17). The van der Waals surface area contributed by atoms with E-state index in [0.717, 1.165) is 12.0 Å². The van der Waals surface area contributed by atoms with E-state index in [0.29, 0.717) is 6.42 Å². The van der Waals surface area contributed by atoms with Crippen LogP contribution in [-0.4, -0.2) is 17.2 Å². The molecule has 0 spiro atoms.